The number of para-hydroxylation sites is 2. The van der Waals surface area contributed by atoms with Gasteiger partial charge < -0.3 is 14.3 Å². The molecule has 190 valence electrons. The van der Waals surface area contributed by atoms with Crippen LogP contribution in [0, 0.1) is 0 Å². The van der Waals surface area contributed by atoms with E-state index in [9.17, 15) is 5.02 Å². The summed E-state index contributed by atoms with van der Waals surface area (Å²) < 4.78 is 6.29. The van der Waals surface area contributed by atoms with Gasteiger partial charge in [0.1, 0.15) is 11.2 Å². The second-order valence-corrected chi connectivity index (χ2v) is 9.90. The van der Waals surface area contributed by atoms with Crippen LogP contribution in [0.15, 0.2) is 150 Å². The lowest BCUT2D eigenvalue weighted by Gasteiger charge is -2.26. The molecule has 1 N–H and O–H groups in total. The van der Waals surface area contributed by atoms with E-state index in [2.05, 4.69) is 114 Å². The Kier molecular flexibility index (Phi) is 6.16. The highest BCUT2D eigenvalue weighted by Crippen LogP contribution is 2.39. The fourth-order valence-corrected chi connectivity index (χ4v) is 5.40. The van der Waals surface area contributed by atoms with Crippen molar-refractivity contribution in [3.05, 3.63) is 146 Å². The van der Waals surface area contributed by atoms with Gasteiger partial charge in [0.25, 0.3) is 0 Å². The largest absolute Gasteiger partial charge is 0.455 e. The van der Waals surface area contributed by atoms with Crippen molar-refractivity contribution in [3.63, 3.8) is 0 Å². The van der Waals surface area contributed by atoms with E-state index >= 15 is 0 Å². The third kappa shape index (κ3) is 4.35. The smallest absolute Gasteiger partial charge is 0.304 e. The molecule has 0 aliphatic rings. The Morgan fingerprint density at radius 3 is 1.70 bits per heavy atom. The molecule has 3 nitrogen and oxygen atoms in total. The van der Waals surface area contributed by atoms with Gasteiger partial charge in [-0.2, -0.15) is 0 Å². The third-order valence-corrected chi connectivity index (χ3v) is 7.45. The van der Waals surface area contributed by atoms with Gasteiger partial charge in [0, 0.05) is 33.4 Å². The molecule has 0 atom stereocenters. The number of hydrogen-bond acceptors (Lipinski definition) is 3. The number of fused-ring (bicyclic) bond motifs is 3. The van der Waals surface area contributed by atoms with Crippen molar-refractivity contribution in [3.8, 4) is 22.3 Å². The fourth-order valence-electron chi connectivity index (χ4n) is 5.40. The van der Waals surface area contributed by atoms with Crippen LogP contribution in [0.25, 0.3) is 44.2 Å². The van der Waals surface area contributed by atoms with Gasteiger partial charge in [-0.25, -0.2) is 0 Å². The monoisotopic (exact) mass is 515 g/mol. The first-order valence-corrected chi connectivity index (χ1v) is 13.4. The summed E-state index contributed by atoms with van der Waals surface area (Å²) in [5.41, 5.74) is 10.4. The summed E-state index contributed by atoms with van der Waals surface area (Å²) in [5, 5.41) is 11.8. The maximum Gasteiger partial charge on any atom is 0.304 e. The van der Waals surface area contributed by atoms with E-state index in [4.69, 9.17) is 4.42 Å². The lowest BCUT2D eigenvalue weighted by molar-refractivity contribution is 0.615. The van der Waals surface area contributed by atoms with E-state index in [1.54, 1.807) is 0 Å². The van der Waals surface area contributed by atoms with E-state index in [-0.39, 0.29) is 7.48 Å². The molecule has 6 aromatic carbocycles. The topological polar surface area (TPSA) is 36.6 Å². The molecule has 0 fully saturated rings. The summed E-state index contributed by atoms with van der Waals surface area (Å²) >= 11 is 0. The maximum absolute atomic E-state index is 9.58. The minimum atomic E-state index is 0.0219. The molecular formula is C36H26BNO2. The summed E-state index contributed by atoms with van der Waals surface area (Å²) in [6.07, 6.45) is 0. The van der Waals surface area contributed by atoms with Crippen LogP contribution in [0.1, 0.15) is 0 Å². The van der Waals surface area contributed by atoms with Crippen LogP contribution in [-0.2, 0) is 0 Å². The van der Waals surface area contributed by atoms with Gasteiger partial charge >= 0.3 is 7.48 Å². The van der Waals surface area contributed by atoms with Gasteiger partial charge in [-0.15, -0.1) is 0 Å². The van der Waals surface area contributed by atoms with Gasteiger partial charge in [-0.3, -0.25) is 0 Å². The molecule has 0 aliphatic heterocycles. The Morgan fingerprint density at radius 1 is 0.475 bits per heavy atom. The van der Waals surface area contributed by atoms with Crippen LogP contribution < -0.4 is 10.4 Å². The maximum atomic E-state index is 9.58. The van der Waals surface area contributed by atoms with E-state index < -0.39 is 0 Å². The van der Waals surface area contributed by atoms with Crippen LogP contribution in [0.4, 0.5) is 17.1 Å². The summed E-state index contributed by atoms with van der Waals surface area (Å²) in [5.74, 6) is 0. The first-order chi connectivity index (χ1) is 19.8. The van der Waals surface area contributed by atoms with E-state index in [1.807, 2.05) is 36.4 Å². The van der Waals surface area contributed by atoms with Crippen molar-refractivity contribution in [2.45, 2.75) is 0 Å². The summed E-state index contributed by atoms with van der Waals surface area (Å²) in [7, 11) is 0.0219. The predicted molar refractivity (Wildman–Crippen MR) is 168 cm³/mol. The van der Waals surface area contributed by atoms with Crippen LogP contribution in [-0.4, -0.2) is 12.5 Å². The van der Waals surface area contributed by atoms with Gasteiger partial charge in [-0.1, -0.05) is 109 Å². The highest BCUT2D eigenvalue weighted by Gasteiger charge is 2.15. The fraction of sp³-hybridized carbons (Fsp3) is 0. The molecule has 7 rings (SSSR count). The molecule has 0 saturated heterocycles. The highest BCUT2D eigenvalue weighted by atomic mass is 16.3. The third-order valence-electron chi connectivity index (χ3n) is 7.45. The summed E-state index contributed by atoms with van der Waals surface area (Å²) in [4.78, 5) is 2.24. The minimum absolute atomic E-state index is 0.0219. The number of anilines is 3. The first-order valence-electron chi connectivity index (χ1n) is 13.4. The average molecular weight is 515 g/mol. The number of hydrogen-bond donors (Lipinski definition) is 1. The Labute approximate surface area is 233 Å². The second kappa shape index (κ2) is 10.3. The Bertz CT molecular complexity index is 1910. The Balaban J connectivity index is 1.29. The molecule has 0 unspecified atom stereocenters. The van der Waals surface area contributed by atoms with Crippen LogP contribution in [0.3, 0.4) is 0 Å². The zero-order valence-electron chi connectivity index (χ0n) is 21.9. The van der Waals surface area contributed by atoms with Crippen molar-refractivity contribution in [1.82, 2.24) is 0 Å². The molecule has 0 bridgehead atoms. The van der Waals surface area contributed by atoms with Gasteiger partial charge in [0.15, 0.2) is 0 Å². The van der Waals surface area contributed by atoms with Crippen molar-refractivity contribution < 1.29 is 9.44 Å². The number of furan rings is 1. The normalized spacial score (nSPS) is 11.1. The molecule has 7 aromatic rings. The molecule has 0 amide bonds. The molecule has 1 heterocycles. The lowest BCUT2D eigenvalue weighted by Crippen LogP contribution is -2.15. The SMILES string of the molecule is OBc1ccc(N(c2ccc(-c3ccccc3)cc2)c2ccc(-c3cccc4c3oc3ccccc34)cc2)cc1. The highest BCUT2D eigenvalue weighted by molar-refractivity contribution is 6.45. The zero-order chi connectivity index (χ0) is 26.9. The molecule has 0 radical (unpaired) electrons. The van der Waals surface area contributed by atoms with Crippen molar-refractivity contribution >= 4 is 51.9 Å². The Morgan fingerprint density at radius 2 is 1.02 bits per heavy atom. The summed E-state index contributed by atoms with van der Waals surface area (Å²) in [6.45, 7) is 0. The van der Waals surface area contributed by atoms with Crippen LogP contribution in [0.2, 0.25) is 0 Å². The molecule has 0 aliphatic carbocycles. The quantitative estimate of drug-likeness (QED) is 0.226. The summed E-state index contributed by atoms with van der Waals surface area (Å²) in [6, 6.07) is 50.2. The first kappa shape index (κ1) is 24.0. The predicted octanol–water partition coefficient (Wildman–Crippen LogP) is 8.36. The van der Waals surface area contributed by atoms with Crippen LogP contribution >= 0.6 is 0 Å². The molecule has 40 heavy (non-hydrogen) atoms. The molecular weight excluding hydrogens is 489 g/mol. The Hall–Kier alpha value is -5.06. The number of benzene rings is 6. The van der Waals surface area contributed by atoms with Crippen molar-refractivity contribution in [2.75, 3.05) is 4.90 Å². The number of nitrogens with zero attached hydrogens (tertiary/aromatic N) is 1. The molecule has 1 aromatic heterocycles. The average Bonchev–Trinajstić information content (AvgIpc) is 3.42. The zero-order valence-corrected chi connectivity index (χ0v) is 21.9. The van der Waals surface area contributed by atoms with E-state index in [0.717, 1.165) is 55.6 Å². The van der Waals surface area contributed by atoms with E-state index in [0.29, 0.717) is 0 Å². The molecule has 0 saturated carbocycles. The standard InChI is InChI=1S/C36H26BNO2/c39-37-28-17-23-31(24-18-28)38(29-19-13-26(14-20-29)25-7-2-1-3-8-25)30-21-15-27(16-22-30)32-10-6-11-34-33-9-4-5-12-35(33)40-36(32)34/h1-24,37,39H. The van der Waals surface area contributed by atoms with Gasteiger partial charge in [-0.05, 0) is 59.2 Å². The van der Waals surface area contributed by atoms with E-state index in [1.165, 1.54) is 11.1 Å². The minimum Gasteiger partial charge on any atom is -0.455 e. The van der Waals surface area contributed by atoms with Gasteiger partial charge in [0.2, 0.25) is 0 Å². The van der Waals surface area contributed by atoms with Crippen molar-refractivity contribution in [2.24, 2.45) is 0 Å². The molecule has 4 heteroatoms. The second-order valence-electron chi connectivity index (χ2n) is 9.90. The van der Waals surface area contributed by atoms with Crippen LogP contribution in [0.5, 0.6) is 0 Å². The number of rotatable bonds is 6. The van der Waals surface area contributed by atoms with Gasteiger partial charge in [0.05, 0.1) is 0 Å². The van der Waals surface area contributed by atoms with Crippen molar-refractivity contribution in [1.29, 1.82) is 0 Å². The lowest BCUT2D eigenvalue weighted by atomic mass is 9.89. The molecule has 0 spiro atoms.